The summed E-state index contributed by atoms with van der Waals surface area (Å²) in [5.74, 6) is -0.725. The third-order valence-corrected chi connectivity index (χ3v) is 4.01. The molecule has 0 spiro atoms. The van der Waals surface area contributed by atoms with Crippen LogP contribution in [0.25, 0.3) is 0 Å². The fourth-order valence-electron chi connectivity index (χ4n) is 1.77. The molecule has 0 fully saturated rings. The number of primary sulfonamides is 1. The minimum atomic E-state index is -3.84. The summed E-state index contributed by atoms with van der Waals surface area (Å²) >= 11 is 5.68. The van der Waals surface area contributed by atoms with Crippen molar-refractivity contribution in [2.45, 2.75) is 4.90 Å². The quantitative estimate of drug-likeness (QED) is 0.640. The van der Waals surface area contributed by atoms with E-state index in [9.17, 15) is 23.3 Å². The fourth-order valence-corrected chi connectivity index (χ4v) is 2.46. The number of nitro benzene ring substituents is 1. The van der Waals surface area contributed by atoms with Crippen molar-refractivity contribution in [2.24, 2.45) is 5.14 Å². The van der Waals surface area contributed by atoms with Gasteiger partial charge in [0, 0.05) is 16.8 Å². The number of rotatable bonds is 4. The van der Waals surface area contributed by atoms with Crippen LogP contribution < -0.4 is 10.5 Å². The smallest absolute Gasteiger partial charge is 0.283 e. The monoisotopic (exact) mass is 355 g/mol. The summed E-state index contributed by atoms with van der Waals surface area (Å²) in [6.45, 7) is 0. The van der Waals surface area contributed by atoms with Crippen molar-refractivity contribution in [1.29, 1.82) is 0 Å². The van der Waals surface area contributed by atoms with Crippen LogP contribution in [0.1, 0.15) is 10.4 Å². The lowest BCUT2D eigenvalue weighted by atomic mass is 10.1. The summed E-state index contributed by atoms with van der Waals surface area (Å²) in [7, 11) is -3.84. The number of hydrogen-bond acceptors (Lipinski definition) is 5. The van der Waals surface area contributed by atoms with E-state index in [2.05, 4.69) is 5.32 Å². The third kappa shape index (κ3) is 4.03. The van der Waals surface area contributed by atoms with Crippen LogP contribution in [0.4, 0.5) is 11.4 Å². The molecule has 0 aliphatic carbocycles. The summed E-state index contributed by atoms with van der Waals surface area (Å²) in [4.78, 5) is 22.3. The standard InChI is InChI=1S/C13H10ClN3O5S/c14-8-1-6-11(12(7-8)17(19)20)13(18)16-9-2-4-10(5-3-9)23(15,21)22/h1-7H,(H,16,18)(H2,15,21,22). The lowest BCUT2D eigenvalue weighted by Crippen LogP contribution is -2.15. The Morgan fingerprint density at radius 3 is 2.30 bits per heavy atom. The Kier molecular flexibility index (Phi) is 4.64. The Morgan fingerprint density at radius 1 is 1.17 bits per heavy atom. The van der Waals surface area contributed by atoms with Gasteiger partial charge in [-0.1, -0.05) is 11.6 Å². The predicted molar refractivity (Wildman–Crippen MR) is 83.9 cm³/mol. The molecule has 3 N–H and O–H groups in total. The van der Waals surface area contributed by atoms with Gasteiger partial charge in [0.2, 0.25) is 10.0 Å². The zero-order valence-electron chi connectivity index (χ0n) is 11.4. The highest BCUT2D eigenvalue weighted by Gasteiger charge is 2.20. The van der Waals surface area contributed by atoms with E-state index in [1.807, 2.05) is 0 Å². The van der Waals surface area contributed by atoms with Gasteiger partial charge in [0.05, 0.1) is 9.82 Å². The van der Waals surface area contributed by atoms with Gasteiger partial charge in [-0.3, -0.25) is 14.9 Å². The molecule has 0 saturated carbocycles. The number of benzene rings is 2. The number of nitrogens with zero attached hydrogens (tertiary/aromatic N) is 1. The maximum absolute atomic E-state index is 12.1. The lowest BCUT2D eigenvalue weighted by Gasteiger charge is -2.07. The van der Waals surface area contributed by atoms with Crippen molar-refractivity contribution in [2.75, 3.05) is 5.32 Å². The van der Waals surface area contributed by atoms with E-state index in [4.69, 9.17) is 16.7 Å². The van der Waals surface area contributed by atoms with E-state index in [1.54, 1.807) is 0 Å². The highest BCUT2D eigenvalue weighted by atomic mass is 35.5. The molecule has 2 rings (SSSR count). The van der Waals surface area contributed by atoms with Gasteiger partial charge in [-0.05, 0) is 36.4 Å². The minimum Gasteiger partial charge on any atom is -0.322 e. The van der Waals surface area contributed by atoms with E-state index in [0.717, 1.165) is 6.07 Å². The number of carbonyl (C=O) groups is 1. The number of nitro groups is 1. The number of carbonyl (C=O) groups excluding carboxylic acids is 1. The summed E-state index contributed by atoms with van der Waals surface area (Å²) in [5.41, 5.74) is -0.349. The first kappa shape index (κ1) is 16.9. The molecule has 10 heteroatoms. The number of anilines is 1. The van der Waals surface area contributed by atoms with Gasteiger partial charge in [-0.15, -0.1) is 0 Å². The van der Waals surface area contributed by atoms with Gasteiger partial charge >= 0.3 is 0 Å². The molecule has 0 aromatic heterocycles. The van der Waals surface area contributed by atoms with Crippen molar-refractivity contribution < 1.29 is 18.1 Å². The molecule has 0 saturated heterocycles. The number of hydrogen-bond donors (Lipinski definition) is 2. The Balaban J connectivity index is 2.28. The van der Waals surface area contributed by atoms with Crippen LogP contribution in [0, 0.1) is 10.1 Å². The minimum absolute atomic E-state index is 0.118. The van der Waals surface area contributed by atoms with Crippen molar-refractivity contribution in [3.8, 4) is 0 Å². The van der Waals surface area contributed by atoms with Gasteiger partial charge in [0.1, 0.15) is 5.56 Å². The molecular formula is C13H10ClN3O5S. The number of nitrogens with one attached hydrogen (secondary N) is 1. The second-order valence-electron chi connectivity index (χ2n) is 4.44. The normalized spacial score (nSPS) is 11.0. The van der Waals surface area contributed by atoms with Crippen LogP contribution in [0.15, 0.2) is 47.4 Å². The van der Waals surface area contributed by atoms with E-state index in [0.29, 0.717) is 0 Å². The summed E-state index contributed by atoms with van der Waals surface area (Å²) in [6.07, 6.45) is 0. The summed E-state index contributed by atoms with van der Waals surface area (Å²) in [5, 5.41) is 18.5. The van der Waals surface area contributed by atoms with E-state index >= 15 is 0 Å². The Labute approximate surface area is 136 Å². The van der Waals surface area contributed by atoms with Crippen molar-refractivity contribution >= 4 is 38.9 Å². The maximum atomic E-state index is 12.1. The second kappa shape index (κ2) is 6.32. The van der Waals surface area contributed by atoms with Gasteiger partial charge in [-0.25, -0.2) is 13.6 Å². The van der Waals surface area contributed by atoms with Crippen LogP contribution >= 0.6 is 11.6 Å². The van der Waals surface area contributed by atoms with Crippen molar-refractivity contribution in [3.63, 3.8) is 0 Å². The molecule has 0 unspecified atom stereocenters. The number of sulfonamides is 1. The van der Waals surface area contributed by atoms with Gasteiger partial charge in [0.25, 0.3) is 11.6 Å². The largest absolute Gasteiger partial charge is 0.322 e. The molecule has 1 amide bonds. The topological polar surface area (TPSA) is 132 Å². The first-order chi connectivity index (χ1) is 10.7. The van der Waals surface area contributed by atoms with E-state index < -0.39 is 26.5 Å². The predicted octanol–water partition coefficient (Wildman–Crippen LogP) is 2.15. The molecule has 8 nitrogen and oxygen atoms in total. The zero-order chi connectivity index (χ0) is 17.2. The third-order valence-electron chi connectivity index (χ3n) is 2.84. The molecule has 120 valence electrons. The highest BCUT2D eigenvalue weighted by molar-refractivity contribution is 7.89. The van der Waals surface area contributed by atoms with Gasteiger partial charge < -0.3 is 5.32 Å². The molecule has 0 bridgehead atoms. The van der Waals surface area contributed by atoms with Crippen LogP contribution in [-0.2, 0) is 10.0 Å². The van der Waals surface area contributed by atoms with Crippen LogP contribution in [0.2, 0.25) is 5.02 Å². The number of amides is 1. The van der Waals surface area contributed by atoms with E-state index in [1.165, 1.54) is 36.4 Å². The first-order valence-corrected chi connectivity index (χ1v) is 7.99. The molecule has 0 atom stereocenters. The Bertz CT molecular complexity index is 881. The lowest BCUT2D eigenvalue weighted by molar-refractivity contribution is -0.385. The van der Waals surface area contributed by atoms with Gasteiger partial charge in [-0.2, -0.15) is 0 Å². The summed E-state index contributed by atoms with van der Waals surface area (Å²) in [6, 6.07) is 8.71. The van der Waals surface area contributed by atoms with Gasteiger partial charge in [0.15, 0.2) is 0 Å². The maximum Gasteiger partial charge on any atom is 0.283 e. The fraction of sp³-hybridized carbons (Fsp3) is 0. The first-order valence-electron chi connectivity index (χ1n) is 6.06. The molecule has 0 aliphatic heterocycles. The highest BCUT2D eigenvalue weighted by Crippen LogP contribution is 2.24. The molecule has 2 aromatic carbocycles. The molecule has 0 heterocycles. The Hall–Kier alpha value is -2.49. The molecule has 0 aliphatic rings. The van der Waals surface area contributed by atoms with Crippen LogP contribution in [0.5, 0.6) is 0 Å². The van der Waals surface area contributed by atoms with Crippen LogP contribution in [0.3, 0.4) is 0 Å². The van der Waals surface area contributed by atoms with Crippen LogP contribution in [-0.4, -0.2) is 19.2 Å². The molecular weight excluding hydrogens is 346 g/mol. The molecule has 0 radical (unpaired) electrons. The molecule has 23 heavy (non-hydrogen) atoms. The summed E-state index contributed by atoms with van der Waals surface area (Å²) < 4.78 is 22.3. The average molecular weight is 356 g/mol. The second-order valence-corrected chi connectivity index (χ2v) is 6.44. The SMILES string of the molecule is NS(=O)(=O)c1ccc(NC(=O)c2ccc(Cl)cc2[N+](=O)[O-])cc1. The number of halogens is 1. The van der Waals surface area contributed by atoms with E-state index in [-0.39, 0.29) is 21.2 Å². The number of nitrogens with two attached hydrogens (primary N) is 1. The van der Waals surface area contributed by atoms with Crippen molar-refractivity contribution in [3.05, 3.63) is 63.2 Å². The Morgan fingerprint density at radius 2 is 1.78 bits per heavy atom. The van der Waals surface area contributed by atoms with Crippen molar-refractivity contribution in [1.82, 2.24) is 0 Å². The molecule has 2 aromatic rings. The zero-order valence-corrected chi connectivity index (χ0v) is 13.0. The average Bonchev–Trinajstić information content (AvgIpc) is 2.46.